The van der Waals surface area contributed by atoms with Crippen LogP contribution in [0.4, 0.5) is 5.69 Å². The van der Waals surface area contributed by atoms with Crippen LogP contribution in [0.5, 0.6) is 5.75 Å². The number of nitrogens with zero attached hydrogens (tertiary/aromatic N) is 2. The minimum absolute atomic E-state index is 0.0865. The van der Waals surface area contributed by atoms with Gasteiger partial charge in [0.25, 0.3) is 5.56 Å². The number of aromatic amines is 1. The Morgan fingerprint density at radius 2 is 1.70 bits per heavy atom. The second kappa shape index (κ2) is 11.2. The van der Waals surface area contributed by atoms with Crippen molar-refractivity contribution in [1.29, 1.82) is 0 Å². The summed E-state index contributed by atoms with van der Waals surface area (Å²) in [5.41, 5.74) is 4.19. The summed E-state index contributed by atoms with van der Waals surface area (Å²) in [4.78, 5) is 34.5. The summed E-state index contributed by atoms with van der Waals surface area (Å²) in [6.45, 7) is 2.74. The van der Waals surface area contributed by atoms with Crippen molar-refractivity contribution in [3.63, 3.8) is 0 Å². The molecule has 0 spiro atoms. The maximum absolute atomic E-state index is 13.6. The number of aromatic nitrogens is 3. The maximum Gasteiger partial charge on any atom is 0.278 e. The van der Waals surface area contributed by atoms with Crippen molar-refractivity contribution in [1.82, 2.24) is 14.5 Å². The summed E-state index contributed by atoms with van der Waals surface area (Å²) < 4.78 is 7.23. The Morgan fingerprint density at radius 3 is 2.46 bits per heavy atom. The molecule has 8 heteroatoms. The maximum atomic E-state index is 13.6. The normalized spacial score (nSPS) is 10.9. The van der Waals surface area contributed by atoms with Gasteiger partial charge in [-0.1, -0.05) is 84.6 Å². The van der Waals surface area contributed by atoms with E-state index in [1.807, 2.05) is 91.9 Å². The van der Waals surface area contributed by atoms with Gasteiger partial charge in [0.15, 0.2) is 5.16 Å². The van der Waals surface area contributed by atoms with Crippen LogP contribution >= 0.6 is 11.8 Å². The number of nitrogens with one attached hydrogen (secondary N) is 2. The van der Waals surface area contributed by atoms with Gasteiger partial charge in [-0.25, -0.2) is 4.98 Å². The molecule has 186 valence electrons. The monoisotopic (exact) mass is 510 g/mol. The second-order valence-electron chi connectivity index (χ2n) is 8.35. The zero-order valence-electron chi connectivity index (χ0n) is 20.3. The molecule has 0 aliphatic rings. The van der Waals surface area contributed by atoms with Gasteiger partial charge in [0.2, 0.25) is 5.91 Å². The number of amides is 1. The molecular formula is C29H26N4O3S. The lowest BCUT2D eigenvalue weighted by atomic mass is 10.2. The molecule has 5 rings (SSSR count). The van der Waals surface area contributed by atoms with Crippen LogP contribution in [0.2, 0.25) is 0 Å². The van der Waals surface area contributed by atoms with Crippen molar-refractivity contribution >= 4 is 34.4 Å². The molecule has 0 radical (unpaired) electrons. The van der Waals surface area contributed by atoms with Crippen molar-refractivity contribution in [3.05, 3.63) is 107 Å². The summed E-state index contributed by atoms with van der Waals surface area (Å²) in [6, 6.07) is 28.7. The fourth-order valence-corrected chi connectivity index (χ4v) is 4.84. The van der Waals surface area contributed by atoms with E-state index in [2.05, 4.69) is 10.3 Å². The van der Waals surface area contributed by atoms with E-state index in [4.69, 9.17) is 9.72 Å². The fourth-order valence-electron chi connectivity index (χ4n) is 4.04. The standard InChI is InChI=1S/C29H26N4O3S/c1-2-36-25-16-10-9-15-22(25)30-26(34)19-37-29-32-24-17-23(21-13-7-4-8-14-21)31-27(24)28(35)33(29)18-20-11-5-3-6-12-20/h3-17,31H,2,18-19H2,1H3,(H,30,34). The minimum Gasteiger partial charge on any atom is -0.492 e. The first-order valence-electron chi connectivity index (χ1n) is 12.0. The number of hydrogen-bond acceptors (Lipinski definition) is 5. The molecular weight excluding hydrogens is 484 g/mol. The Bertz CT molecular complexity index is 1580. The first-order valence-corrected chi connectivity index (χ1v) is 13.0. The van der Waals surface area contributed by atoms with Crippen molar-refractivity contribution in [2.45, 2.75) is 18.6 Å². The van der Waals surface area contributed by atoms with Crippen molar-refractivity contribution in [3.8, 4) is 17.0 Å². The molecule has 2 aromatic heterocycles. The molecule has 0 saturated carbocycles. The van der Waals surface area contributed by atoms with Gasteiger partial charge >= 0.3 is 0 Å². The Balaban J connectivity index is 1.46. The van der Waals surface area contributed by atoms with Crippen molar-refractivity contribution < 1.29 is 9.53 Å². The number of fused-ring (bicyclic) bond motifs is 1. The van der Waals surface area contributed by atoms with Gasteiger partial charge in [0.1, 0.15) is 11.3 Å². The number of H-pyrrole nitrogens is 1. The molecule has 1 amide bonds. The first kappa shape index (κ1) is 24.4. The van der Waals surface area contributed by atoms with Crippen LogP contribution in [0.1, 0.15) is 12.5 Å². The first-order chi connectivity index (χ1) is 18.1. The van der Waals surface area contributed by atoms with Crippen LogP contribution in [0.3, 0.4) is 0 Å². The lowest BCUT2D eigenvalue weighted by Gasteiger charge is -2.13. The van der Waals surface area contributed by atoms with E-state index in [1.165, 1.54) is 11.8 Å². The Kier molecular flexibility index (Phi) is 7.37. The highest BCUT2D eigenvalue weighted by Gasteiger charge is 2.17. The fraction of sp³-hybridized carbons (Fsp3) is 0.138. The number of para-hydroxylation sites is 2. The van der Waals surface area contributed by atoms with Crippen molar-refractivity contribution in [2.75, 3.05) is 17.7 Å². The van der Waals surface area contributed by atoms with E-state index in [0.29, 0.717) is 40.8 Å². The van der Waals surface area contributed by atoms with Crippen LogP contribution < -0.4 is 15.6 Å². The van der Waals surface area contributed by atoms with E-state index in [1.54, 1.807) is 10.6 Å². The molecule has 0 saturated heterocycles. The molecule has 0 aliphatic carbocycles. The summed E-state index contributed by atoms with van der Waals surface area (Å²) in [7, 11) is 0. The highest BCUT2D eigenvalue weighted by atomic mass is 32.2. The predicted octanol–water partition coefficient (Wildman–Crippen LogP) is 5.57. The number of carbonyl (C=O) groups is 1. The van der Waals surface area contributed by atoms with Gasteiger partial charge in [-0.15, -0.1) is 0 Å². The third-order valence-corrected chi connectivity index (χ3v) is 6.74. The van der Waals surface area contributed by atoms with E-state index in [9.17, 15) is 9.59 Å². The van der Waals surface area contributed by atoms with E-state index in [0.717, 1.165) is 16.8 Å². The average Bonchev–Trinajstić information content (AvgIpc) is 3.36. The summed E-state index contributed by atoms with van der Waals surface area (Å²) in [5.74, 6) is 0.491. The molecule has 0 bridgehead atoms. The van der Waals surface area contributed by atoms with E-state index in [-0.39, 0.29) is 17.2 Å². The number of ether oxygens (including phenoxy) is 1. The number of rotatable bonds is 9. The van der Waals surface area contributed by atoms with E-state index < -0.39 is 0 Å². The molecule has 5 aromatic rings. The van der Waals surface area contributed by atoms with Crippen LogP contribution in [0, 0.1) is 0 Å². The molecule has 2 N–H and O–H groups in total. The predicted molar refractivity (Wildman–Crippen MR) is 148 cm³/mol. The zero-order valence-corrected chi connectivity index (χ0v) is 21.1. The molecule has 2 heterocycles. The van der Waals surface area contributed by atoms with Crippen LogP contribution in [0.15, 0.2) is 101 Å². The van der Waals surface area contributed by atoms with Gasteiger partial charge in [0, 0.05) is 5.69 Å². The number of thioether (sulfide) groups is 1. The smallest absolute Gasteiger partial charge is 0.278 e. The van der Waals surface area contributed by atoms with E-state index >= 15 is 0 Å². The van der Waals surface area contributed by atoms with Gasteiger partial charge in [-0.2, -0.15) is 0 Å². The Morgan fingerprint density at radius 1 is 1.00 bits per heavy atom. The topological polar surface area (TPSA) is 89.0 Å². The molecule has 7 nitrogen and oxygen atoms in total. The number of carbonyl (C=O) groups excluding carboxylic acids is 1. The lowest BCUT2D eigenvalue weighted by molar-refractivity contribution is -0.113. The summed E-state index contributed by atoms with van der Waals surface area (Å²) in [5, 5.41) is 3.39. The van der Waals surface area contributed by atoms with Crippen LogP contribution in [-0.2, 0) is 11.3 Å². The quantitative estimate of drug-likeness (QED) is 0.200. The molecule has 0 fully saturated rings. The highest BCUT2D eigenvalue weighted by molar-refractivity contribution is 7.99. The zero-order chi connectivity index (χ0) is 25.6. The number of hydrogen-bond donors (Lipinski definition) is 2. The highest BCUT2D eigenvalue weighted by Crippen LogP contribution is 2.26. The van der Waals surface area contributed by atoms with Gasteiger partial charge in [0.05, 0.1) is 30.1 Å². The molecule has 37 heavy (non-hydrogen) atoms. The number of benzene rings is 3. The summed E-state index contributed by atoms with van der Waals surface area (Å²) >= 11 is 1.23. The molecule has 0 aliphatic heterocycles. The third kappa shape index (κ3) is 5.59. The second-order valence-corrected chi connectivity index (χ2v) is 9.29. The average molecular weight is 511 g/mol. The summed E-state index contributed by atoms with van der Waals surface area (Å²) in [6.07, 6.45) is 0. The van der Waals surface area contributed by atoms with Crippen molar-refractivity contribution in [2.24, 2.45) is 0 Å². The largest absolute Gasteiger partial charge is 0.492 e. The number of anilines is 1. The molecule has 3 aromatic carbocycles. The SMILES string of the molecule is CCOc1ccccc1NC(=O)CSc1nc2cc(-c3ccccc3)[nH]c2c(=O)n1Cc1ccccc1. The lowest BCUT2D eigenvalue weighted by Crippen LogP contribution is -2.25. The minimum atomic E-state index is -0.211. The molecule has 0 unspecified atom stereocenters. The Hall–Kier alpha value is -4.30. The Labute approximate surface area is 218 Å². The van der Waals surface area contributed by atoms with Crippen LogP contribution in [0.25, 0.3) is 22.3 Å². The van der Waals surface area contributed by atoms with Gasteiger partial charge in [-0.3, -0.25) is 14.2 Å². The van der Waals surface area contributed by atoms with Gasteiger partial charge in [-0.05, 0) is 36.2 Å². The van der Waals surface area contributed by atoms with Crippen LogP contribution in [-0.4, -0.2) is 32.8 Å². The third-order valence-electron chi connectivity index (χ3n) is 5.76. The van der Waals surface area contributed by atoms with Gasteiger partial charge < -0.3 is 15.0 Å². The molecule has 0 atom stereocenters.